The van der Waals surface area contributed by atoms with Crippen molar-refractivity contribution in [3.63, 3.8) is 0 Å². The molecule has 0 saturated carbocycles. The molecule has 26 heavy (non-hydrogen) atoms. The first-order valence-electron chi connectivity index (χ1n) is 8.52. The summed E-state index contributed by atoms with van der Waals surface area (Å²) in [5, 5.41) is 4.00. The van der Waals surface area contributed by atoms with Crippen molar-refractivity contribution in [2.75, 3.05) is 0 Å². The van der Waals surface area contributed by atoms with Gasteiger partial charge >= 0.3 is 0 Å². The Hall–Kier alpha value is -3.34. The zero-order valence-electron chi connectivity index (χ0n) is 14.4. The van der Waals surface area contributed by atoms with Crippen molar-refractivity contribution >= 4 is 0 Å². The zero-order chi connectivity index (χ0) is 17.8. The molecule has 0 spiro atoms. The van der Waals surface area contributed by atoms with E-state index in [0.717, 1.165) is 17.7 Å². The minimum absolute atomic E-state index is 0.338. The Morgan fingerprint density at radius 2 is 1.73 bits per heavy atom. The molecule has 4 aromatic rings. The Kier molecular flexibility index (Phi) is 4.51. The third-order valence-corrected chi connectivity index (χ3v) is 4.04. The molecule has 0 aliphatic carbocycles. The van der Waals surface area contributed by atoms with Crippen molar-refractivity contribution in [1.29, 1.82) is 0 Å². The highest BCUT2D eigenvalue weighted by molar-refractivity contribution is 5.57. The van der Waals surface area contributed by atoms with Gasteiger partial charge in [-0.15, -0.1) is 0 Å². The summed E-state index contributed by atoms with van der Waals surface area (Å²) >= 11 is 0. The first-order chi connectivity index (χ1) is 12.8. The van der Waals surface area contributed by atoms with Crippen LogP contribution in [-0.2, 0) is 13.0 Å². The number of nitrogens with zero attached hydrogens (tertiary/aromatic N) is 2. The molecule has 0 amide bonds. The summed E-state index contributed by atoms with van der Waals surface area (Å²) < 4.78 is 16.8. The van der Waals surface area contributed by atoms with Crippen LogP contribution in [-0.4, -0.2) is 10.1 Å². The van der Waals surface area contributed by atoms with Crippen molar-refractivity contribution in [3.8, 4) is 28.8 Å². The van der Waals surface area contributed by atoms with Gasteiger partial charge in [-0.2, -0.15) is 4.98 Å². The van der Waals surface area contributed by atoms with E-state index in [0.29, 0.717) is 29.8 Å². The smallest absolute Gasteiger partial charge is 0.293 e. The Morgan fingerprint density at radius 1 is 0.923 bits per heavy atom. The third kappa shape index (κ3) is 3.52. The minimum Gasteiger partial charge on any atom is -0.486 e. The summed E-state index contributed by atoms with van der Waals surface area (Å²) in [5.41, 5.74) is 2.18. The number of aromatic nitrogens is 2. The topological polar surface area (TPSA) is 61.3 Å². The number of ether oxygens (including phenoxy) is 1. The van der Waals surface area contributed by atoms with Gasteiger partial charge in [-0.1, -0.05) is 54.5 Å². The van der Waals surface area contributed by atoms with E-state index in [9.17, 15) is 0 Å². The van der Waals surface area contributed by atoms with Crippen LogP contribution in [0.2, 0.25) is 0 Å². The van der Waals surface area contributed by atoms with E-state index in [1.54, 1.807) is 6.07 Å². The number of hydrogen-bond acceptors (Lipinski definition) is 5. The quantitative estimate of drug-likeness (QED) is 0.484. The molecule has 2 heterocycles. The average Bonchev–Trinajstić information content (AvgIpc) is 3.37. The number of hydrogen-bond donors (Lipinski definition) is 0. The molecule has 0 aliphatic rings. The van der Waals surface area contributed by atoms with Crippen molar-refractivity contribution in [3.05, 3.63) is 78.1 Å². The molecule has 0 N–H and O–H groups in total. The average molecular weight is 346 g/mol. The largest absolute Gasteiger partial charge is 0.486 e. The molecule has 2 aromatic heterocycles. The standard InChI is InChI=1S/C21H18N2O3/c1-2-15-8-10-17(11-9-15)24-14-18-12-13-19(25-18)21-22-20(23-26-21)16-6-4-3-5-7-16/h3-13H,2,14H2,1H3. The fourth-order valence-corrected chi connectivity index (χ4v) is 2.57. The van der Waals surface area contributed by atoms with Crippen molar-refractivity contribution < 1.29 is 13.7 Å². The van der Waals surface area contributed by atoms with Crippen LogP contribution in [0.4, 0.5) is 0 Å². The minimum atomic E-state index is 0.338. The Bertz CT molecular complexity index is 972. The molecule has 0 unspecified atom stereocenters. The molecular weight excluding hydrogens is 328 g/mol. The van der Waals surface area contributed by atoms with Gasteiger partial charge < -0.3 is 13.7 Å². The highest BCUT2D eigenvalue weighted by Gasteiger charge is 2.14. The van der Waals surface area contributed by atoms with E-state index < -0.39 is 0 Å². The summed E-state index contributed by atoms with van der Waals surface area (Å²) in [7, 11) is 0. The molecule has 130 valence electrons. The summed E-state index contributed by atoms with van der Waals surface area (Å²) in [5.74, 6) is 2.91. The Morgan fingerprint density at radius 3 is 2.50 bits per heavy atom. The predicted molar refractivity (Wildman–Crippen MR) is 97.6 cm³/mol. The first-order valence-corrected chi connectivity index (χ1v) is 8.52. The van der Waals surface area contributed by atoms with E-state index in [1.165, 1.54) is 5.56 Å². The molecule has 0 fully saturated rings. The summed E-state index contributed by atoms with van der Waals surface area (Å²) in [6, 6.07) is 21.4. The number of furan rings is 1. The van der Waals surface area contributed by atoms with Crippen molar-refractivity contribution in [2.45, 2.75) is 20.0 Å². The SMILES string of the molecule is CCc1ccc(OCc2ccc(-c3nc(-c4ccccc4)no3)o2)cc1. The van der Waals surface area contributed by atoms with Crippen LogP contribution in [0.3, 0.4) is 0 Å². The highest BCUT2D eigenvalue weighted by atomic mass is 16.5. The first kappa shape index (κ1) is 16.1. The Balaban J connectivity index is 1.43. The lowest BCUT2D eigenvalue weighted by Gasteiger charge is -2.04. The summed E-state index contributed by atoms with van der Waals surface area (Å²) in [6.45, 7) is 2.46. The van der Waals surface area contributed by atoms with Crippen LogP contribution in [0.5, 0.6) is 5.75 Å². The lowest BCUT2D eigenvalue weighted by molar-refractivity contribution is 0.270. The van der Waals surface area contributed by atoms with E-state index in [1.807, 2.05) is 48.5 Å². The Labute approximate surface area is 151 Å². The molecule has 0 atom stereocenters. The van der Waals surface area contributed by atoms with Gasteiger partial charge in [-0.3, -0.25) is 0 Å². The summed E-state index contributed by atoms with van der Waals surface area (Å²) in [4.78, 5) is 4.39. The highest BCUT2D eigenvalue weighted by Crippen LogP contribution is 2.24. The maximum Gasteiger partial charge on any atom is 0.293 e. The van der Waals surface area contributed by atoms with Crippen molar-refractivity contribution in [1.82, 2.24) is 10.1 Å². The number of aryl methyl sites for hydroxylation is 1. The molecule has 0 aliphatic heterocycles. The van der Waals surface area contributed by atoms with Gasteiger partial charge in [-0.25, -0.2) is 0 Å². The lowest BCUT2D eigenvalue weighted by atomic mass is 10.2. The molecule has 2 aromatic carbocycles. The molecule has 5 heteroatoms. The van der Waals surface area contributed by atoms with Gasteiger partial charge in [0.2, 0.25) is 5.82 Å². The van der Waals surface area contributed by atoms with Gasteiger partial charge in [0.05, 0.1) is 0 Å². The van der Waals surface area contributed by atoms with Crippen LogP contribution in [0.15, 0.2) is 75.7 Å². The molecule has 0 saturated heterocycles. The maximum absolute atomic E-state index is 5.76. The van der Waals surface area contributed by atoms with Gasteiger partial charge in [0.15, 0.2) is 5.76 Å². The molecule has 4 rings (SSSR count). The van der Waals surface area contributed by atoms with Crippen LogP contribution >= 0.6 is 0 Å². The van der Waals surface area contributed by atoms with Gasteiger partial charge in [0.25, 0.3) is 5.89 Å². The van der Waals surface area contributed by atoms with Crippen LogP contribution in [0.25, 0.3) is 23.0 Å². The van der Waals surface area contributed by atoms with Gasteiger partial charge in [-0.05, 0) is 36.2 Å². The predicted octanol–water partition coefficient (Wildman–Crippen LogP) is 5.14. The third-order valence-electron chi connectivity index (χ3n) is 4.04. The second-order valence-corrected chi connectivity index (χ2v) is 5.84. The lowest BCUT2D eigenvalue weighted by Crippen LogP contribution is -1.93. The van der Waals surface area contributed by atoms with E-state index >= 15 is 0 Å². The van der Waals surface area contributed by atoms with Crippen LogP contribution in [0, 0.1) is 0 Å². The van der Waals surface area contributed by atoms with Gasteiger partial charge in [0.1, 0.15) is 18.1 Å². The van der Waals surface area contributed by atoms with Crippen LogP contribution in [0.1, 0.15) is 18.2 Å². The molecular formula is C21H18N2O3. The van der Waals surface area contributed by atoms with E-state index in [4.69, 9.17) is 13.7 Å². The number of benzene rings is 2. The van der Waals surface area contributed by atoms with Gasteiger partial charge in [0, 0.05) is 5.56 Å². The second-order valence-electron chi connectivity index (χ2n) is 5.84. The number of rotatable bonds is 6. The second kappa shape index (κ2) is 7.27. The maximum atomic E-state index is 5.76. The van der Waals surface area contributed by atoms with Crippen LogP contribution < -0.4 is 4.74 Å². The monoisotopic (exact) mass is 346 g/mol. The van der Waals surface area contributed by atoms with Crippen molar-refractivity contribution in [2.24, 2.45) is 0 Å². The summed E-state index contributed by atoms with van der Waals surface area (Å²) in [6.07, 6.45) is 1.01. The van der Waals surface area contributed by atoms with E-state index in [2.05, 4.69) is 29.2 Å². The molecule has 0 radical (unpaired) electrons. The molecule has 0 bridgehead atoms. The fraction of sp³-hybridized carbons (Fsp3) is 0.143. The fourth-order valence-electron chi connectivity index (χ4n) is 2.57. The zero-order valence-corrected chi connectivity index (χ0v) is 14.4. The normalized spacial score (nSPS) is 10.8. The molecule has 5 nitrogen and oxygen atoms in total. The van der Waals surface area contributed by atoms with E-state index in [-0.39, 0.29) is 0 Å².